The maximum atomic E-state index is 13.0. The molecule has 9 heteroatoms. The van der Waals surface area contributed by atoms with Crippen molar-refractivity contribution in [3.8, 4) is 0 Å². The molecule has 4 nitrogen and oxygen atoms in total. The average Bonchev–Trinajstić information content (AvgIpc) is 2.52. The first-order valence-electron chi connectivity index (χ1n) is 6.76. The summed E-state index contributed by atoms with van der Waals surface area (Å²) in [4.78, 5) is 23.6. The fourth-order valence-corrected chi connectivity index (χ4v) is 2.40. The zero-order chi connectivity index (χ0) is 18.6. The number of benzene rings is 2. The Balaban J connectivity index is 2.01. The number of hydrogen-bond acceptors (Lipinski definition) is 3. The van der Waals surface area contributed by atoms with E-state index in [1.165, 1.54) is 12.1 Å². The van der Waals surface area contributed by atoms with Crippen LogP contribution in [-0.2, 0) is 15.7 Å². The Morgan fingerprint density at radius 1 is 1.12 bits per heavy atom. The fourth-order valence-electron chi connectivity index (χ4n) is 1.89. The molecule has 132 valence electrons. The van der Waals surface area contributed by atoms with E-state index in [0.717, 1.165) is 30.3 Å². The predicted octanol–water partition coefficient (Wildman–Crippen LogP) is 4.40. The van der Waals surface area contributed by atoms with Gasteiger partial charge in [0.05, 0.1) is 16.8 Å². The largest absolute Gasteiger partial charge is 0.452 e. The number of esters is 1. The van der Waals surface area contributed by atoms with Crippen LogP contribution in [0.5, 0.6) is 0 Å². The van der Waals surface area contributed by atoms with Gasteiger partial charge in [0, 0.05) is 4.47 Å². The van der Waals surface area contributed by atoms with E-state index in [-0.39, 0.29) is 10.0 Å². The van der Waals surface area contributed by atoms with Crippen molar-refractivity contribution in [2.75, 3.05) is 11.9 Å². The molecule has 0 fully saturated rings. The highest BCUT2D eigenvalue weighted by Gasteiger charge is 2.33. The molecule has 0 radical (unpaired) electrons. The Kier molecular flexibility index (Phi) is 5.78. The lowest BCUT2D eigenvalue weighted by molar-refractivity contribution is -0.137. The third-order valence-corrected chi connectivity index (χ3v) is 3.65. The van der Waals surface area contributed by atoms with Crippen LogP contribution in [0, 0.1) is 5.82 Å². The summed E-state index contributed by atoms with van der Waals surface area (Å²) in [5, 5.41) is 2.04. The Morgan fingerprint density at radius 2 is 1.80 bits per heavy atom. The van der Waals surface area contributed by atoms with E-state index in [0.29, 0.717) is 0 Å². The first-order valence-corrected chi connectivity index (χ1v) is 7.56. The van der Waals surface area contributed by atoms with Crippen molar-refractivity contribution in [2.45, 2.75) is 6.18 Å². The molecule has 2 aromatic rings. The topological polar surface area (TPSA) is 55.4 Å². The maximum absolute atomic E-state index is 13.0. The van der Waals surface area contributed by atoms with E-state index >= 15 is 0 Å². The van der Waals surface area contributed by atoms with Crippen molar-refractivity contribution in [1.29, 1.82) is 0 Å². The third-order valence-electron chi connectivity index (χ3n) is 2.99. The molecule has 0 heterocycles. The highest BCUT2D eigenvalue weighted by atomic mass is 79.9. The Bertz CT molecular complexity index is 808. The van der Waals surface area contributed by atoms with Crippen molar-refractivity contribution in [3.63, 3.8) is 0 Å². The summed E-state index contributed by atoms with van der Waals surface area (Å²) in [7, 11) is 0. The van der Waals surface area contributed by atoms with E-state index in [2.05, 4.69) is 15.9 Å². The summed E-state index contributed by atoms with van der Waals surface area (Å²) in [5.41, 5.74) is -1.49. The maximum Gasteiger partial charge on any atom is 0.418 e. The van der Waals surface area contributed by atoms with E-state index in [1.807, 2.05) is 5.32 Å². The molecule has 0 saturated carbocycles. The average molecular weight is 420 g/mol. The van der Waals surface area contributed by atoms with E-state index in [1.54, 1.807) is 0 Å². The summed E-state index contributed by atoms with van der Waals surface area (Å²) in [6.07, 6.45) is -4.64. The van der Waals surface area contributed by atoms with Crippen LogP contribution in [0.4, 0.5) is 23.2 Å². The molecule has 1 amide bonds. The quantitative estimate of drug-likeness (QED) is 0.590. The number of halogens is 5. The smallest absolute Gasteiger partial charge is 0.418 e. The van der Waals surface area contributed by atoms with Gasteiger partial charge in [0.15, 0.2) is 6.61 Å². The lowest BCUT2D eigenvalue weighted by Crippen LogP contribution is -2.22. The van der Waals surface area contributed by atoms with Gasteiger partial charge < -0.3 is 10.1 Å². The molecule has 0 saturated heterocycles. The number of para-hydroxylation sites is 1. The normalized spacial score (nSPS) is 11.1. The SMILES string of the molecule is O=C(COC(=O)c1ccc(F)cc1Br)Nc1ccccc1C(F)(F)F. The van der Waals surface area contributed by atoms with Crippen LogP contribution in [0.1, 0.15) is 15.9 Å². The van der Waals surface area contributed by atoms with Crippen molar-refractivity contribution >= 4 is 33.5 Å². The van der Waals surface area contributed by atoms with Crippen LogP contribution in [0.15, 0.2) is 46.9 Å². The van der Waals surface area contributed by atoms with Crippen molar-refractivity contribution in [3.05, 3.63) is 63.9 Å². The second-order valence-electron chi connectivity index (χ2n) is 4.79. The summed E-state index contributed by atoms with van der Waals surface area (Å²) in [6.45, 7) is -0.797. The van der Waals surface area contributed by atoms with Crippen LogP contribution in [0.3, 0.4) is 0 Å². The zero-order valence-electron chi connectivity index (χ0n) is 12.4. The second-order valence-corrected chi connectivity index (χ2v) is 5.65. The molecule has 25 heavy (non-hydrogen) atoms. The molecule has 0 spiro atoms. The van der Waals surface area contributed by atoms with Gasteiger partial charge in [0.1, 0.15) is 5.82 Å². The standard InChI is InChI=1S/C16H10BrF4NO3/c17-12-7-9(18)5-6-10(12)15(24)25-8-14(23)22-13-4-2-1-3-11(13)16(19,20)21/h1-7H,8H2,(H,22,23). The number of hydrogen-bond donors (Lipinski definition) is 1. The van der Waals surface area contributed by atoms with Gasteiger partial charge in [0.25, 0.3) is 5.91 Å². The number of anilines is 1. The number of alkyl halides is 3. The van der Waals surface area contributed by atoms with Gasteiger partial charge in [-0.25, -0.2) is 9.18 Å². The first kappa shape index (κ1) is 18.9. The van der Waals surface area contributed by atoms with Crippen molar-refractivity contribution in [2.24, 2.45) is 0 Å². The van der Waals surface area contributed by atoms with Crippen LogP contribution in [0.25, 0.3) is 0 Å². The number of rotatable bonds is 4. The highest BCUT2D eigenvalue weighted by Crippen LogP contribution is 2.34. The van der Waals surface area contributed by atoms with Gasteiger partial charge in [-0.1, -0.05) is 12.1 Å². The number of carbonyl (C=O) groups excluding carboxylic acids is 2. The van der Waals surface area contributed by atoms with Crippen molar-refractivity contribution < 1.29 is 31.9 Å². The number of nitrogens with one attached hydrogen (secondary N) is 1. The molecule has 0 aromatic heterocycles. The van der Waals surface area contributed by atoms with E-state index in [4.69, 9.17) is 4.74 Å². The number of amides is 1. The van der Waals surface area contributed by atoms with Crippen LogP contribution < -0.4 is 5.32 Å². The van der Waals surface area contributed by atoms with Crippen LogP contribution >= 0.6 is 15.9 Å². The molecule has 2 aromatic carbocycles. The second kappa shape index (κ2) is 7.64. The Hall–Kier alpha value is -2.42. The molecule has 0 aliphatic carbocycles. The van der Waals surface area contributed by atoms with Gasteiger partial charge in [0.2, 0.25) is 0 Å². The molecule has 0 bridgehead atoms. The summed E-state index contributed by atoms with van der Waals surface area (Å²) >= 11 is 2.97. The lowest BCUT2D eigenvalue weighted by Gasteiger charge is -2.13. The number of ether oxygens (including phenoxy) is 1. The van der Waals surface area contributed by atoms with Gasteiger partial charge in [-0.05, 0) is 46.3 Å². The van der Waals surface area contributed by atoms with Crippen molar-refractivity contribution in [1.82, 2.24) is 0 Å². The predicted molar refractivity (Wildman–Crippen MR) is 84.5 cm³/mol. The van der Waals surface area contributed by atoms with Gasteiger partial charge >= 0.3 is 12.1 Å². The van der Waals surface area contributed by atoms with Gasteiger partial charge in [-0.3, -0.25) is 4.79 Å². The fraction of sp³-hybridized carbons (Fsp3) is 0.125. The number of carbonyl (C=O) groups is 2. The monoisotopic (exact) mass is 419 g/mol. The third kappa shape index (κ3) is 5.02. The molecule has 0 unspecified atom stereocenters. The minimum absolute atomic E-state index is 0.0232. The zero-order valence-corrected chi connectivity index (χ0v) is 13.9. The van der Waals surface area contributed by atoms with Gasteiger partial charge in [-0.2, -0.15) is 13.2 Å². The van der Waals surface area contributed by atoms with E-state index in [9.17, 15) is 27.2 Å². The molecule has 0 aliphatic rings. The minimum Gasteiger partial charge on any atom is -0.452 e. The molecule has 0 aliphatic heterocycles. The molecule has 1 N–H and O–H groups in total. The highest BCUT2D eigenvalue weighted by molar-refractivity contribution is 9.10. The molecule has 2 rings (SSSR count). The molecular weight excluding hydrogens is 410 g/mol. The summed E-state index contributed by atoms with van der Waals surface area (Å²) < 4.78 is 56.3. The Labute approximate surface area is 147 Å². The minimum atomic E-state index is -4.64. The van der Waals surface area contributed by atoms with Crippen LogP contribution in [-0.4, -0.2) is 18.5 Å². The summed E-state index contributed by atoms with van der Waals surface area (Å²) in [5.74, 6) is -2.45. The summed E-state index contributed by atoms with van der Waals surface area (Å²) in [6, 6.07) is 7.63. The lowest BCUT2D eigenvalue weighted by atomic mass is 10.1. The van der Waals surface area contributed by atoms with Crippen LogP contribution in [0.2, 0.25) is 0 Å². The van der Waals surface area contributed by atoms with Gasteiger partial charge in [-0.15, -0.1) is 0 Å². The molecule has 0 atom stereocenters. The Morgan fingerprint density at radius 3 is 2.44 bits per heavy atom. The molecular formula is C16H10BrF4NO3. The first-order chi connectivity index (χ1) is 11.7. The van der Waals surface area contributed by atoms with E-state index < -0.39 is 41.7 Å².